The van der Waals surface area contributed by atoms with Crippen LogP contribution >= 0.6 is 0 Å². The van der Waals surface area contributed by atoms with Gasteiger partial charge in [-0.05, 0) is 35.7 Å². The highest BCUT2D eigenvalue weighted by Crippen LogP contribution is 2.40. The second kappa shape index (κ2) is 9.47. The largest absolute Gasteiger partial charge is 0.507 e. The van der Waals surface area contributed by atoms with Crippen molar-refractivity contribution in [3.05, 3.63) is 101 Å². The second-order valence-electron chi connectivity index (χ2n) is 7.57. The minimum absolute atomic E-state index is 0.0762. The van der Waals surface area contributed by atoms with E-state index in [4.69, 9.17) is 4.74 Å². The molecule has 162 valence electrons. The fraction of sp³-hybridized carbons (Fsp3) is 0.192. The highest BCUT2D eigenvalue weighted by atomic mass is 16.5. The van der Waals surface area contributed by atoms with Crippen LogP contribution in [-0.2, 0) is 16.1 Å². The molecule has 2 heterocycles. The summed E-state index contributed by atoms with van der Waals surface area (Å²) in [7, 11) is 0. The van der Waals surface area contributed by atoms with E-state index >= 15 is 0 Å². The first-order chi connectivity index (χ1) is 15.6. The number of rotatable bonds is 7. The van der Waals surface area contributed by atoms with Crippen molar-refractivity contribution in [2.24, 2.45) is 0 Å². The average molecular weight is 428 g/mol. The third-order valence-electron chi connectivity index (χ3n) is 5.33. The van der Waals surface area contributed by atoms with E-state index in [0.29, 0.717) is 17.9 Å². The van der Waals surface area contributed by atoms with Crippen molar-refractivity contribution in [1.29, 1.82) is 0 Å². The van der Waals surface area contributed by atoms with Gasteiger partial charge in [-0.15, -0.1) is 0 Å². The Morgan fingerprint density at radius 1 is 1.03 bits per heavy atom. The molecule has 0 saturated carbocycles. The average Bonchev–Trinajstić information content (AvgIpc) is 3.08. The molecule has 0 aliphatic carbocycles. The van der Waals surface area contributed by atoms with Gasteiger partial charge in [0.05, 0.1) is 18.2 Å². The van der Waals surface area contributed by atoms with Crippen molar-refractivity contribution in [3.63, 3.8) is 0 Å². The summed E-state index contributed by atoms with van der Waals surface area (Å²) in [5.41, 5.74) is 2.07. The van der Waals surface area contributed by atoms with Crippen LogP contribution in [0.4, 0.5) is 0 Å². The van der Waals surface area contributed by atoms with Gasteiger partial charge in [0.2, 0.25) is 0 Å². The quantitative estimate of drug-likeness (QED) is 0.341. The van der Waals surface area contributed by atoms with Crippen molar-refractivity contribution in [2.75, 3.05) is 6.61 Å². The van der Waals surface area contributed by atoms with Crippen LogP contribution in [0.5, 0.6) is 5.75 Å². The monoisotopic (exact) mass is 428 g/mol. The van der Waals surface area contributed by atoms with E-state index in [-0.39, 0.29) is 17.9 Å². The molecule has 6 heteroatoms. The van der Waals surface area contributed by atoms with Crippen molar-refractivity contribution in [2.45, 2.75) is 25.9 Å². The van der Waals surface area contributed by atoms with E-state index in [0.717, 1.165) is 17.5 Å². The fourth-order valence-electron chi connectivity index (χ4n) is 3.80. The number of amides is 1. The van der Waals surface area contributed by atoms with Crippen LogP contribution in [0, 0.1) is 0 Å². The van der Waals surface area contributed by atoms with Crippen molar-refractivity contribution in [3.8, 4) is 5.75 Å². The molecule has 2 aromatic carbocycles. The predicted molar refractivity (Wildman–Crippen MR) is 121 cm³/mol. The molecule has 1 N–H and O–H groups in total. The summed E-state index contributed by atoms with van der Waals surface area (Å²) >= 11 is 0. The zero-order chi connectivity index (χ0) is 22.5. The number of ether oxygens (including phenoxy) is 1. The molecule has 1 amide bonds. The lowest BCUT2D eigenvalue weighted by Gasteiger charge is -2.25. The van der Waals surface area contributed by atoms with Crippen LogP contribution < -0.4 is 4.74 Å². The van der Waals surface area contributed by atoms with E-state index in [1.807, 2.05) is 43.3 Å². The third kappa shape index (κ3) is 4.25. The van der Waals surface area contributed by atoms with Crippen LogP contribution in [0.3, 0.4) is 0 Å². The van der Waals surface area contributed by atoms with E-state index in [9.17, 15) is 14.7 Å². The predicted octanol–water partition coefficient (Wildman–Crippen LogP) is 4.49. The zero-order valence-electron chi connectivity index (χ0n) is 17.8. The van der Waals surface area contributed by atoms with Gasteiger partial charge in [-0.25, -0.2) is 0 Å². The molecule has 32 heavy (non-hydrogen) atoms. The SMILES string of the molecule is CCCOc1ccc([C@@H]2C(=C(O)c3ccccc3)C(=O)C(=O)N2Cc2cccnc2)cc1. The molecular weight excluding hydrogens is 404 g/mol. The number of benzene rings is 2. The number of nitrogens with zero attached hydrogens (tertiary/aromatic N) is 2. The number of ketones is 1. The Kier molecular flexibility index (Phi) is 6.31. The highest BCUT2D eigenvalue weighted by molar-refractivity contribution is 6.46. The lowest BCUT2D eigenvalue weighted by Crippen LogP contribution is -2.29. The summed E-state index contributed by atoms with van der Waals surface area (Å²) in [4.78, 5) is 31.7. The Bertz CT molecular complexity index is 1130. The molecule has 0 radical (unpaired) electrons. The Labute approximate surface area is 186 Å². The number of aromatic nitrogens is 1. The standard InChI is InChI=1S/C26H24N2O4/c1-2-15-32-21-12-10-19(11-13-21)23-22(24(29)20-8-4-3-5-9-20)25(30)26(31)28(23)17-18-7-6-14-27-16-18/h3-14,16,23,29H,2,15,17H2,1H3/t23-/m1/s1. The Hall–Kier alpha value is -3.93. The number of likely N-dealkylation sites (tertiary alicyclic amines) is 1. The summed E-state index contributed by atoms with van der Waals surface area (Å²) in [6.07, 6.45) is 4.21. The number of carbonyl (C=O) groups is 2. The second-order valence-corrected chi connectivity index (χ2v) is 7.57. The summed E-state index contributed by atoms with van der Waals surface area (Å²) in [5, 5.41) is 11.0. The third-order valence-corrected chi connectivity index (χ3v) is 5.33. The van der Waals surface area contributed by atoms with Gasteiger partial charge < -0.3 is 14.7 Å². The molecule has 1 aliphatic rings. The van der Waals surface area contributed by atoms with Gasteiger partial charge in [-0.2, -0.15) is 0 Å². The maximum absolute atomic E-state index is 13.1. The lowest BCUT2D eigenvalue weighted by atomic mass is 9.95. The maximum atomic E-state index is 13.1. The molecule has 1 fully saturated rings. The molecule has 1 saturated heterocycles. The van der Waals surface area contributed by atoms with E-state index < -0.39 is 17.7 Å². The van der Waals surface area contributed by atoms with E-state index in [1.165, 1.54) is 4.90 Å². The molecule has 0 unspecified atom stereocenters. The Morgan fingerprint density at radius 3 is 2.44 bits per heavy atom. The van der Waals surface area contributed by atoms with Gasteiger partial charge in [0.15, 0.2) is 0 Å². The summed E-state index contributed by atoms with van der Waals surface area (Å²) in [6.45, 7) is 2.83. The maximum Gasteiger partial charge on any atom is 0.295 e. The van der Waals surface area contributed by atoms with Gasteiger partial charge in [-0.1, -0.05) is 55.5 Å². The molecular formula is C26H24N2O4. The number of carbonyl (C=O) groups excluding carboxylic acids is 2. The van der Waals surface area contributed by atoms with Gasteiger partial charge in [0.1, 0.15) is 11.5 Å². The Morgan fingerprint density at radius 2 is 1.78 bits per heavy atom. The van der Waals surface area contributed by atoms with Crippen molar-refractivity contribution >= 4 is 17.4 Å². The van der Waals surface area contributed by atoms with Crippen LogP contribution in [0.25, 0.3) is 5.76 Å². The van der Waals surface area contributed by atoms with Crippen molar-refractivity contribution < 1.29 is 19.4 Å². The number of aliphatic hydroxyl groups excluding tert-OH is 1. The van der Waals surface area contributed by atoms with Crippen LogP contribution in [-0.4, -0.2) is 33.3 Å². The zero-order valence-corrected chi connectivity index (χ0v) is 17.8. The van der Waals surface area contributed by atoms with Crippen LogP contribution in [0.15, 0.2) is 84.7 Å². The normalized spacial score (nSPS) is 17.5. The molecule has 1 aromatic heterocycles. The van der Waals surface area contributed by atoms with Crippen molar-refractivity contribution in [1.82, 2.24) is 9.88 Å². The fourth-order valence-corrected chi connectivity index (χ4v) is 3.80. The molecule has 4 rings (SSSR count). The molecule has 6 nitrogen and oxygen atoms in total. The number of hydrogen-bond acceptors (Lipinski definition) is 5. The molecule has 0 bridgehead atoms. The van der Waals surface area contributed by atoms with Gasteiger partial charge in [0.25, 0.3) is 11.7 Å². The number of pyridine rings is 1. The summed E-state index contributed by atoms with van der Waals surface area (Å²) < 4.78 is 5.66. The highest BCUT2D eigenvalue weighted by Gasteiger charge is 2.46. The Balaban J connectivity index is 1.79. The van der Waals surface area contributed by atoms with Gasteiger partial charge >= 0.3 is 0 Å². The lowest BCUT2D eigenvalue weighted by molar-refractivity contribution is -0.140. The van der Waals surface area contributed by atoms with E-state index in [1.54, 1.807) is 42.7 Å². The minimum Gasteiger partial charge on any atom is -0.507 e. The molecule has 0 spiro atoms. The number of aliphatic hydroxyl groups is 1. The van der Waals surface area contributed by atoms with Gasteiger partial charge in [0, 0.05) is 24.5 Å². The van der Waals surface area contributed by atoms with E-state index in [2.05, 4.69) is 4.98 Å². The summed E-state index contributed by atoms with van der Waals surface area (Å²) in [5.74, 6) is -0.828. The first-order valence-electron chi connectivity index (χ1n) is 10.6. The first kappa shape index (κ1) is 21.3. The molecule has 3 aromatic rings. The number of Topliss-reactive ketones (excluding diaryl/α,β-unsaturated/α-hetero) is 1. The molecule has 1 atom stereocenters. The van der Waals surface area contributed by atoms with Crippen LogP contribution in [0.2, 0.25) is 0 Å². The smallest absolute Gasteiger partial charge is 0.295 e. The first-order valence-corrected chi connectivity index (χ1v) is 10.6. The molecule has 1 aliphatic heterocycles. The van der Waals surface area contributed by atoms with Gasteiger partial charge in [-0.3, -0.25) is 14.6 Å². The topological polar surface area (TPSA) is 79.7 Å². The minimum atomic E-state index is -0.726. The van der Waals surface area contributed by atoms with Crippen LogP contribution in [0.1, 0.15) is 36.1 Å². The number of hydrogen-bond donors (Lipinski definition) is 1. The summed E-state index contributed by atoms with van der Waals surface area (Å²) in [6, 6.07) is 19.0.